The summed E-state index contributed by atoms with van der Waals surface area (Å²) in [6, 6.07) is 3.79. The average molecular weight is 280 g/mol. The highest BCUT2D eigenvalue weighted by atomic mass is 32.1. The summed E-state index contributed by atoms with van der Waals surface area (Å²) in [5.74, 6) is 0.0644. The van der Waals surface area contributed by atoms with Crippen LogP contribution >= 0.6 is 11.3 Å². The van der Waals surface area contributed by atoms with E-state index in [4.69, 9.17) is 4.74 Å². The van der Waals surface area contributed by atoms with E-state index < -0.39 is 0 Å². The van der Waals surface area contributed by atoms with Gasteiger partial charge in [0.15, 0.2) is 0 Å². The van der Waals surface area contributed by atoms with E-state index in [0.29, 0.717) is 0 Å². The Balaban J connectivity index is 1.59. The number of carbonyl (C=O) groups is 1. The minimum Gasteiger partial charge on any atom is -0.379 e. The predicted molar refractivity (Wildman–Crippen MR) is 75.6 cm³/mol. The fourth-order valence-corrected chi connectivity index (χ4v) is 3.61. The van der Waals surface area contributed by atoms with Gasteiger partial charge in [-0.1, -0.05) is 6.07 Å². The van der Waals surface area contributed by atoms with Crippen molar-refractivity contribution in [3.05, 3.63) is 22.4 Å². The first kappa shape index (κ1) is 13.1. The molecule has 0 aromatic carbocycles. The van der Waals surface area contributed by atoms with Gasteiger partial charge in [-0.3, -0.25) is 9.69 Å². The summed E-state index contributed by atoms with van der Waals surface area (Å²) < 4.78 is 5.42. The third kappa shape index (κ3) is 2.68. The molecule has 19 heavy (non-hydrogen) atoms. The molecule has 0 radical (unpaired) electrons. The molecule has 104 valence electrons. The Labute approximate surface area is 117 Å². The average Bonchev–Trinajstić information content (AvgIpc) is 2.92. The van der Waals surface area contributed by atoms with Crippen molar-refractivity contribution in [3.8, 4) is 0 Å². The summed E-state index contributed by atoms with van der Waals surface area (Å²) in [7, 11) is 0. The molecule has 1 saturated heterocycles. The fourth-order valence-electron chi connectivity index (χ4n) is 2.97. The number of morpholine rings is 1. The molecule has 4 nitrogen and oxygen atoms in total. The maximum atomic E-state index is 12.0. The van der Waals surface area contributed by atoms with E-state index in [-0.39, 0.29) is 11.4 Å². The summed E-state index contributed by atoms with van der Waals surface area (Å²) in [6.07, 6.45) is 3.65. The monoisotopic (exact) mass is 280 g/mol. The van der Waals surface area contributed by atoms with Crippen molar-refractivity contribution in [3.63, 3.8) is 0 Å². The third-order valence-electron chi connectivity index (χ3n) is 4.29. The van der Waals surface area contributed by atoms with Gasteiger partial charge in [-0.15, -0.1) is 11.3 Å². The van der Waals surface area contributed by atoms with E-state index in [2.05, 4.69) is 10.2 Å². The van der Waals surface area contributed by atoms with E-state index in [1.54, 1.807) is 0 Å². The van der Waals surface area contributed by atoms with Crippen LogP contribution in [0.25, 0.3) is 0 Å². The van der Waals surface area contributed by atoms with Gasteiger partial charge < -0.3 is 10.1 Å². The molecule has 1 N–H and O–H groups in total. The molecular formula is C14H20N2O2S. The number of rotatable bonds is 4. The van der Waals surface area contributed by atoms with E-state index in [0.717, 1.165) is 37.7 Å². The summed E-state index contributed by atoms with van der Waals surface area (Å²) in [5, 5.41) is 5.05. The number of nitrogens with one attached hydrogen (secondary N) is 1. The van der Waals surface area contributed by atoms with Crippen LogP contribution in [0, 0.1) is 0 Å². The highest BCUT2D eigenvalue weighted by molar-refractivity contribution is 7.12. The zero-order valence-corrected chi connectivity index (χ0v) is 11.9. The molecule has 1 aromatic rings. The normalized spacial score (nSPS) is 22.7. The third-order valence-corrected chi connectivity index (χ3v) is 5.16. The minimum absolute atomic E-state index is 0.0644. The van der Waals surface area contributed by atoms with Crippen LogP contribution in [0.4, 0.5) is 0 Å². The molecule has 1 saturated carbocycles. The van der Waals surface area contributed by atoms with Crippen LogP contribution in [0.5, 0.6) is 0 Å². The molecule has 1 aromatic heterocycles. The molecule has 0 spiro atoms. The highest BCUT2D eigenvalue weighted by Gasteiger charge is 2.42. The first-order chi connectivity index (χ1) is 9.30. The Morgan fingerprint density at radius 2 is 2.21 bits per heavy atom. The van der Waals surface area contributed by atoms with E-state index in [9.17, 15) is 4.79 Å². The van der Waals surface area contributed by atoms with E-state index in [1.807, 2.05) is 17.5 Å². The SMILES string of the molecule is O=C(NCC1(N2CCOCC2)CCC1)c1cccs1. The Hall–Kier alpha value is -0.910. The lowest BCUT2D eigenvalue weighted by atomic mass is 9.75. The zero-order valence-electron chi connectivity index (χ0n) is 11.1. The number of hydrogen-bond donors (Lipinski definition) is 1. The van der Waals surface area contributed by atoms with Crippen molar-refractivity contribution in [2.45, 2.75) is 24.8 Å². The molecule has 0 unspecified atom stereocenters. The van der Waals surface area contributed by atoms with Crippen LogP contribution < -0.4 is 5.32 Å². The van der Waals surface area contributed by atoms with Crippen LogP contribution in [0.15, 0.2) is 17.5 Å². The molecule has 5 heteroatoms. The van der Waals surface area contributed by atoms with Crippen molar-refractivity contribution in [1.82, 2.24) is 10.2 Å². The first-order valence-corrected chi connectivity index (χ1v) is 7.83. The van der Waals surface area contributed by atoms with Gasteiger partial charge in [0.05, 0.1) is 18.1 Å². The van der Waals surface area contributed by atoms with Crippen molar-refractivity contribution >= 4 is 17.2 Å². The smallest absolute Gasteiger partial charge is 0.261 e. The molecule has 2 fully saturated rings. The Morgan fingerprint density at radius 3 is 2.79 bits per heavy atom. The summed E-state index contributed by atoms with van der Waals surface area (Å²) in [5.41, 5.74) is 0.191. The van der Waals surface area contributed by atoms with Crippen molar-refractivity contribution in [2.24, 2.45) is 0 Å². The second kappa shape index (κ2) is 5.61. The Morgan fingerprint density at radius 1 is 1.42 bits per heavy atom. The van der Waals surface area contributed by atoms with E-state index >= 15 is 0 Å². The standard InChI is InChI=1S/C14H20N2O2S/c17-13(12-3-1-10-19-12)15-11-14(4-2-5-14)16-6-8-18-9-7-16/h1,3,10H,2,4-9,11H2,(H,15,17). The summed E-state index contributed by atoms with van der Waals surface area (Å²) >= 11 is 1.50. The van der Waals surface area contributed by atoms with Gasteiger partial charge in [0.25, 0.3) is 5.91 Å². The van der Waals surface area contributed by atoms with Gasteiger partial charge in [0.2, 0.25) is 0 Å². The maximum Gasteiger partial charge on any atom is 0.261 e. The van der Waals surface area contributed by atoms with Gasteiger partial charge in [0.1, 0.15) is 0 Å². The van der Waals surface area contributed by atoms with Crippen LogP contribution in [0.3, 0.4) is 0 Å². The van der Waals surface area contributed by atoms with Crippen LogP contribution in [-0.4, -0.2) is 49.2 Å². The number of nitrogens with zero attached hydrogens (tertiary/aromatic N) is 1. The lowest BCUT2D eigenvalue weighted by molar-refractivity contribution is -0.0540. The van der Waals surface area contributed by atoms with Gasteiger partial charge in [-0.25, -0.2) is 0 Å². The molecule has 1 aliphatic carbocycles. The predicted octanol–water partition coefficient (Wildman–Crippen LogP) is 1.73. The molecule has 1 amide bonds. The lowest BCUT2D eigenvalue weighted by Crippen LogP contribution is -2.62. The number of thiophene rings is 1. The van der Waals surface area contributed by atoms with Crippen LogP contribution in [0.1, 0.15) is 28.9 Å². The van der Waals surface area contributed by atoms with Crippen molar-refractivity contribution in [2.75, 3.05) is 32.8 Å². The zero-order chi connectivity index (χ0) is 13.1. The second-order valence-electron chi connectivity index (χ2n) is 5.34. The van der Waals surface area contributed by atoms with Gasteiger partial charge in [-0.05, 0) is 30.7 Å². The largest absolute Gasteiger partial charge is 0.379 e. The molecule has 2 heterocycles. The number of amides is 1. The Bertz CT molecular complexity index is 423. The minimum atomic E-state index is 0.0644. The molecule has 0 bridgehead atoms. The van der Waals surface area contributed by atoms with Crippen molar-refractivity contribution in [1.29, 1.82) is 0 Å². The summed E-state index contributed by atoms with van der Waals surface area (Å²) in [6.45, 7) is 4.40. The molecule has 3 rings (SSSR count). The number of ether oxygens (including phenoxy) is 1. The topological polar surface area (TPSA) is 41.6 Å². The highest BCUT2D eigenvalue weighted by Crippen LogP contribution is 2.37. The van der Waals surface area contributed by atoms with E-state index in [1.165, 1.54) is 30.6 Å². The Kier molecular flexibility index (Phi) is 3.86. The van der Waals surface area contributed by atoms with Gasteiger partial charge in [-0.2, -0.15) is 0 Å². The molecule has 1 aliphatic heterocycles. The molecule has 2 aliphatic rings. The number of carbonyl (C=O) groups excluding carboxylic acids is 1. The maximum absolute atomic E-state index is 12.0. The summed E-state index contributed by atoms with van der Waals surface area (Å²) in [4.78, 5) is 15.3. The van der Waals surface area contributed by atoms with Crippen molar-refractivity contribution < 1.29 is 9.53 Å². The van der Waals surface area contributed by atoms with Crippen LogP contribution in [-0.2, 0) is 4.74 Å². The molecular weight excluding hydrogens is 260 g/mol. The quantitative estimate of drug-likeness (QED) is 0.913. The van der Waals surface area contributed by atoms with Crippen LogP contribution in [0.2, 0.25) is 0 Å². The molecule has 0 atom stereocenters. The van der Waals surface area contributed by atoms with Gasteiger partial charge in [0, 0.05) is 25.2 Å². The van der Waals surface area contributed by atoms with Gasteiger partial charge >= 0.3 is 0 Å². The lowest BCUT2D eigenvalue weighted by Gasteiger charge is -2.51. The number of hydrogen-bond acceptors (Lipinski definition) is 4. The second-order valence-corrected chi connectivity index (χ2v) is 6.28. The first-order valence-electron chi connectivity index (χ1n) is 6.95. The fraction of sp³-hybridized carbons (Fsp3) is 0.643.